The largest absolute Gasteiger partial charge is 0.491 e. The molecule has 0 atom stereocenters. The monoisotopic (exact) mass is 361 g/mol. The molecule has 0 aliphatic heterocycles. The Bertz CT molecular complexity index is 874. The summed E-state index contributed by atoms with van der Waals surface area (Å²) in [7, 11) is 0. The number of rotatable bonds is 7. The lowest BCUT2D eigenvalue weighted by Crippen LogP contribution is -2.12. The minimum Gasteiger partial charge on any atom is -0.491 e. The van der Waals surface area contributed by atoms with Crippen LogP contribution in [0.15, 0.2) is 78.9 Å². The van der Waals surface area contributed by atoms with E-state index in [1.807, 2.05) is 80.6 Å². The van der Waals surface area contributed by atoms with E-state index >= 15 is 0 Å². The first-order valence-electron chi connectivity index (χ1n) is 8.95. The van der Waals surface area contributed by atoms with Gasteiger partial charge in [0.15, 0.2) is 0 Å². The molecule has 0 saturated heterocycles. The molecule has 0 heterocycles. The molecule has 27 heavy (non-hydrogen) atoms. The maximum atomic E-state index is 12.5. The fourth-order valence-electron chi connectivity index (χ4n) is 2.56. The number of benzene rings is 3. The Labute approximate surface area is 159 Å². The molecule has 0 fully saturated rings. The lowest BCUT2D eigenvalue weighted by molar-refractivity contribution is 0.102. The molecule has 4 nitrogen and oxygen atoms in total. The summed E-state index contributed by atoms with van der Waals surface area (Å²) in [4.78, 5) is 12.5. The Balaban J connectivity index is 1.61. The van der Waals surface area contributed by atoms with Crippen LogP contribution in [0.5, 0.6) is 11.5 Å². The van der Waals surface area contributed by atoms with Crippen LogP contribution < -0.4 is 14.8 Å². The highest BCUT2D eigenvalue weighted by Gasteiger charge is 2.08. The molecule has 0 aliphatic rings. The Morgan fingerprint density at radius 3 is 2.33 bits per heavy atom. The van der Waals surface area contributed by atoms with Crippen molar-refractivity contribution in [2.45, 2.75) is 26.6 Å². The number of anilines is 1. The molecular weight excluding hydrogens is 338 g/mol. The van der Waals surface area contributed by atoms with Crippen LogP contribution in [0.25, 0.3) is 0 Å². The van der Waals surface area contributed by atoms with Crippen molar-refractivity contribution in [3.05, 3.63) is 90.0 Å². The number of nitrogens with one attached hydrogen (secondary N) is 1. The van der Waals surface area contributed by atoms with E-state index in [2.05, 4.69) is 5.32 Å². The van der Waals surface area contributed by atoms with Gasteiger partial charge in [0.1, 0.15) is 18.1 Å². The van der Waals surface area contributed by atoms with E-state index < -0.39 is 0 Å². The number of carbonyl (C=O) groups excluding carboxylic acids is 1. The predicted molar refractivity (Wildman–Crippen MR) is 107 cm³/mol. The van der Waals surface area contributed by atoms with Crippen molar-refractivity contribution in [1.29, 1.82) is 0 Å². The number of amides is 1. The van der Waals surface area contributed by atoms with Gasteiger partial charge in [-0.25, -0.2) is 0 Å². The van der Waals surface area contributed by atoms with Crippen LogP contribution in [0.3, 0.4) is 0 Å². The van der Waals surface area contributed by atoms with Gasteiger partial charge in [-0.2, -0.15) is 0 Å². The molecule has 0 radical (unpaired) electrons. The van der Waals surface area contributed by atoms with E-state index in [-0.39, 0.29) is 12.0 Å². The smallest absolute Gasteiger partial charge is 0.255 e. The van der Waals surface area contributed by atoms with Crippen LogP contribution >= 0.6 is 0 Å². The van der Waals surface area contributed by atoms with Gasteiger partial charge < -0.3 is 14.8 Å². The Morgan fingerprint density at radius 1 is 0.889 bits per heavy atom. The first-order valence-corrected chi connectivity index (χ1v) is 8.95. The fraction of sp³-hybridized carbons (Fsp3) is 0.174. The van der Waals surface area contributed by atoms with E-state index in [4.69, 9.17) is 9.47 Å². The molecule has 3 aromatic rings. The number of carbonyl (C=O) groups is 1. The third kappa shape index (κ3) is 5.61. The van der Waals surface area contributed by atoms with Gasteiger partial charge in [-0.1, -0.05) is 36.4 Å². The molecule has 1 amide bonds. The first kappa shape index (κ1) is 18.5. The molecule has 3 rings (SSSR count). The van der Waals surface area contributed by atoms with Crippen molar-refractivity contribution in [3.8, 4) is 11.5 Å². The van der Waals surface area contributed by atoms with Gasteiger partial charge in [-0.15, -0.1) is 0 Å². The van der Waals surface area contributed by atoms with E-state index in [0.29, 0.717) is 23.6 Å². The van der Waals surface area contributed by atoms with Crippen molar-refractivity contribution in [3.63, 3.8) is 0 Å². The van der Waals surface area contributed by atoms with Gasteiger partial charge in [0, 0.05) is 11.3 Å². The summed E-state index contributed by atoms with van der Waals surface area (Å²) in [5, 5.41) is 2.89. The average Bonchev–Trinajstić information content (AvgIpc) is 2.68. The summed E-state index contributed by atoms with van der Waals surface area (Å²) in [5.74, 6) is 1.25. The summed E-state index contributed by atoms with van der Waals surface area (Å²) in [6.45, 7) is 4.41. The van der Waals surface area contributed by atoms with Gasteiger partial charge in [-0.3, -0.25) is 4.79 Å². The third-order valence-corrected chi connectivity index (χ3v) is 3.83. The molecule has 0 aliphatic carbocycles. The molecule has 0 unspecified atom stereocenters. The molecule has 138 valence electrons. The zero-order valence-corrected chi connectivity index (χ0v) is 15.5. The van der Waals surface area contributed by atoms with E-state index in [1.165, 1.54) is 0 Å². The van der Waals surface area contributed by atoms with Crippen molar-refractivity contribution in [2.24, 2.45) is 0 Å². The lowest BCUT2D eigenvalue weighted by atomic mass is 10.2. The average molecular weight is 361 g/mol. The van der Waals surface area contributed by atoms with E-state index in [0.717, 1.165) is 11.3 Å². The normalized spacial score (nSPS) is 10.5. The molecule has 4 heteroatoms. The highest BCUT2D eigenvalue weighted by molar-refractivity contribution is 6.04. The minimum absolute atomic E-state index is 0.115. The molecule has 0 aromatic heterocycles. The van der Waals surface area contributed by atoms with Crippen molar-refractivity contribution in [1.82, 2.24) is 0 Å². The van der Waals surface area contributed by atoms with Crippen molar-refractivity contribution < 1.29 is 14.3 Å². The summed E-state index contributed by atoms with van der Waals surface area (Å²) in [6, 6.07) is 24.4. The fourth-order valence-corrected chi connectivity index (χ4v) is 2.56. The van der Waals surface area contributed by atoms with Crippen LogP contribution in [0, 0.1) is 0 Å². The van der Waals surface area contributed by atoms with Gasteiger partial charge >= 0.3 is 0 Å². The van der Waals surface area contributed by atoms with Gasteiger partial charge in [0.05, 0.1) is 6.10 Å². The zero-order chi connectivity index (χ0) is 19.1. The highest BCUT2D eigenvalue weighted by Crippen LogP contribution is 2.19. The van der Waals surface area contributed by atoms with Crippen LogP contribution in [-0.2, 0) is 6.61 Å². The second-order valence-electron chi connectivity index (χ2n) is 6.45. The predicted octanol–water partition coefficient (Wildman–Crippen LogP) is 5.31. The van der Waals surface area contributed by atoms with Gasteiger partial charge in [0.2, 0.25) is 0 Å². The molecule has 1 N–H and O–H groups in total. The minimum atomic E-state index is -0.183. The van der Waals surface area contributed by atoms with Crippen LogP contribution in [0.4, 0.5) is 5.69 Å². The first-order chi connectivity index (χ1) is 13.1. The summed E-state index contributed by atoms with van der Waals surface area (Å²) >= 11 is 0. The number of hydrogen-bond donors (Lipinski definition) is 1. The SMILES string of the molecule is CC(C)Oc1ccc(NC(=O)c2cccc(OCc3ccccc3)c2)cc1. The topological polar surface area (TPSA) is 47.6 Å². The van der Waals surface area contributed by atoms with Crippen LogP contribution in [-0.4, -0.2) is 12.0 Å². The number of ether oxygens (including phenoxy) is 2. The Hall–Kier alpha value is -3.27. The standard InChI is InChI=1S/C23H23NO3/c1-17(2)27-21-13-11-20(12-14-21)24-23(25)19-9-6-10-22(15-19)26-16-18-7-4-3-5-8-18/h3-15,17H,16H2,1-2H3,(H,24,25). The third-order valence-electron chi connectivity index (χ3n) is 3.83. The van der Waals surface area contributed by atoms with E-state index in [9.17, 15) is 4.79 Å². The quantitative estimate of drug-likeness (QED) is 0.621. The molecular formula is C23H23NO3. The lowest BCUT2D eigenvalue weighted by Gasteiger charge is -2.11. The van der Waals surface area contributed by atoms with Gasteiger partial charge in [0.25, 0.3) is 5.91 Å². The Morgan fingerprint density at radius 2 is 1.63 bits per heavy atom. The summed E-state index contributed by atoms with van der Waals surface area (Å²) in [6.07, 6.45) is 0.115. The second kappa shape index (κ2) is 8.90. The summed E-state index contributed by atoms with van der Waals surface area (Å²) < 4.78 is 11.4. The summed E-state index contributed by atoms with van der Waals surface area (Å²) in [5.41, 5.74) is 2.34. The van der Waals surface area contributed by atoms with Crippen LogP contribution in [0.2, 0.25) is 0 Å². The van der Waals surface area contributed by atoms with Crippen molar-refractivity contribution in [2.75, 3.05) is 5.32 Å². The number of hydrogen-bond acceptors (Lipinski definition) is 3. The molecule has 0 spiro atoms. The zero-order valence-electron chi connectivity index (χ0n) is 15.5. The molecule has 0 saturated carbocycles. The molecule has 3 aromatic carbocycles. The van der Waals surface area contributed by atoms with Gasteiger partial charge in [-0.05, 0) is 61.9 Å². The highest BCUT2D eigenvalue weighted by atomic mass is 16.5. The van der Waals surface area contributed by atoms with Crippen LogP contribution in [0.1, 0.15) is 29.8 Å². The molecule has 0 bridgehead atoms. The maximum absolute atomic E-state index is 12.5. The van der Waals surface area contributed by atoms with Crippen molar-refractivity contribution >= 4 is 11.6 Å². The maximum Gasteiger partial charge on any atom is 0.255 e. The Kier molecular flexibility index (Phi) is 6.10. The van der Waals surface area contributed by atoms with E-state index in [1.54, 1.807) is 12.1 Å². The second-order valence-corrected chi connectivity index (χ2v) is 6.45.